The van der Waals surface area contributed by atoms with Gasteiger partial charge in [-0.25, -0.2) is 17.9 Å². The lowest BCUT2D eigenvalue weighted by Crippen LogP contribution is -2.40. The topological polar surface area (TPSA) is 79.0 Å². The summed E-state index contributed by atoms with van der Waals surface area (Å²) in [6.45, 7) is -0.849. The maximum absolute atomic E-state index is 12.8. The number of nitrogens with zero attached hydrogens (tertiary/aromatic N) is 2. The summed E-state index contributed by atoms with van der Waals surface area (Å²) in [4.78, 5) is 15.9. The van der Waals surface area contributed by atoms with Crippen LogP contribution in [0.4, 0.5) is 23.7 Å². The maximum atomic E-state index is 12.8. The van der Waals surface area contributed by atoms with Crippen molar-refractivity contribution in [2.45, 2.75) is 29.6 Å². The highest BCUT2D eigenvalue weighted by atomic mass is 35.5. The van der Waals surface area contributed by atoms with Crippen LogP contribution in [-0.2, 0) is 10.0 Å². The van der Waals surface area contributed by atoms with Crippen LogP contribution in [0.3, 0.4) is 0 Å². The van der Waals surface area contributed by atoms with Gasteiger partial charge in [0.25, 0.3) is 0 Å². The van der Waals surface area contributed by atoms with Crippen molar-refractivity contribution in [1.29, 1.82) is 0 Å². The lowest BCUT2D eigenvalue weighted by atomic mass is 10.2. The van der Waals surface area contributed by atoms with E-state index in [2.05, 4.69) is 9.46 Å². The fraction of sp³-hybridized carbons (Fsp3) is 0.350. The first kappa shape index (κ1) is 22.7. The number of benzene rings is 2. The minimum absolute atomic E-state index is 0.0190. The van der Waals surface area contributed by atoms with Crippen molar-refractivity contribution < 1.29 is 31.1 Å². The second-order valence-electron chi connectivity index (χ2n) is 7.58. The van der Waals surface area contributed by atoms with Gasteiger partial charge in [-0.1, -0.05) is 23.7 Å². The van der Waals surface area contributed by atoms with Gasteiger partial charge in [-0.2, -0.15) is 13.2 Å². The minimum atomic E-state index is -4.43. The van der Waals surface area contributed by atoms with E-state index >= 15 is 0 Å². The number of ether oxygens (including phenoxy) is 1. The molecule has 2 aliphatic rings. The van der Waals surface area contributed by atoms with Gasteiger partial charge in [-0.05, 0) is 42.8 Å². The second kappa shape index (κ2) is 8.45. The number of carbonyl (C=O) groups excluding carboxylic acids is 1. The summed E-state index contributed by atoms with van der Waals surface area (Å²) < 4.78 is 69.4. The van der Waals surface area contributed by atoms with Crippen molar-refractivity contribution in [3.8, 4) is 5.75 Å². The fourth-order valence-corrected chi connectivity index (χ4v) is 5.66. The predicted octanol–water partition coefficient (Wildman–Crippen LogP) is 3.64. The molecule has 1 N–H and O–H groups in total. The Labute approximate surface area is 187 Å². The predicted molar refractivity (Wildman–Crippen MR) is 111 cm³/mol. The lowest BCUT2D eigenvalue weighted by Gasteiger charge is -2.20. The van der Waals surface area contributed by atoms with E-state index in [0.717, 1.165) is 0 Å². The molecule has 2 atom stereocenters. The van der Waals surface area contributed by atoms with Crippen molar-refractivity contribution in [1.82, 2.24) is 9.62 Å². The van der Waals surface area contributed by atoms with Crippen LogP contribution in [0, 0.1) is 0 Å². The Morgan fingerprint density at radius 1 is 1.09 bits per heavy atom. The number of hydrogen-bond donors (Lipinski definition) is 1. The first-order valence-corrected chi connectivity index (χ1v) is 11.5. The van der Waals surface area contributed by atoms with Crippen LogP contribution in [0.15, 0.2) is 53.4 Å². The maximum Gasteiger partial charge on any atom is 0.422 e. The number of urea groups is 1. The Kier molecular flexibility index (Phi) is 5.99. The molecule has 2 fully saturated rings. The van der Waals surface area contributed by atoms with Crippen LogP contribution in [-0.4, -0.2) is 57.3 Å². The molecule has 2 amide bonds. The Morgan fingerprint density at radius 2 is 1.78 bits per heavy atom. The molecule has 172 valence electrons. The van der Waals surface area contributed by atoms with Crippen LogP contribution in [0.1, 0.15) is 6.42 Å². The summed E-state index contributed by atoms with van der Waals surface area (Å²) in [6, 6.07) is 11.0. The van der Waals surface area contributed by atoms with Gasteiger partial charge in [0.1, 0.15) is 10.6 Å². The summed E-state index contributed by atoms with van der Waals surface area (Å²) >= 11 is 6.00. The van der Waals surface area contributed by atoms with Crippen LogP contribution < -0.4 is 14.4 Å². The van der Waals surface area contributed by atoms with Crippen molar-refractivity contribution in [3.63, 3.8) is 0 Å². The van der Waals surface area contributed by atoms with Crippen LogP contribution in [0.25, 0.3) is 0 Å². The van der Waals surface area contributed by atoms with Gasteiger partial charge in [-0.3, -0.25) is 4.90 Å². The monoisotopic (exact) mass is 489 g/mol. The Bertz CT molecular complexity index is 1110. The lowest BCUT2D eigenvalue weighted by molar-refractivity contribution is -0.153. The molecule has 0 radical (unpaired) electrons. The molecule has 0 aliphatic carbocycles. The molecule has 0 aromatic heterocycles. The normalized spacial score (nSPS) is 21.2. The summed E-state index contributed by atoms with van der Waals surface area (Å²) in [7, 11) is -3.84. The van der Waals surface area contributed by atoms with E-state index in [1.54, 1.807) is 17.0 Å². The highest BCUT2D eigenvalue weighted by Crippen LogP contribution is 2.32. The van der Waals surface area contributed by atoms with Crippen molar-refractivity contribution in [2.24, 2.45) is 0 Å². The van der Waals surface area contributed by atoms with E-state index < -0.39 is 28.8 Å². The van der Waals surface area contributed by atoms with Gasteiger partial charge in [0, 0.05) is 24.8 Å². The second-order valence-corrected chi connectivity index (χ2v) is 9.67. The Morgan fingerprint density at radius 3 is 2.41 bits per heavy atom. The van der Waals surface area contributed by atoms with E-state index in [-0.39, 0.29) is 34.3 Å². The van der Waals surface area contributed by atoms with Crippen molar-refractivity contribution in [2.75, 3.05) is 24.6 Å². The zero-order valence-corrected chi connectivity index (χ0v) is 18.1. The number of hydrogen-bond acceptors (Lipinski definition) is 4. The highest BCUT2D eigenvalue weighted by molar-refractivity contribution is 7.89. The molecule has 2 saturated heterocycles. The zero-order valence-electron chi connectivity index (χ0n) is 16.5. The first-order chi connectivity index (χ1) is 15.0. The Balaban J connectivity index is 1.38. The number of halogens is 4. The average molecular weight is 490 g/mol. The third kappa shape index (κ3) is 4.79. The third-order valence-electron chi connectivity index (χ3n) is 5.28. The molecule has 0 bridgehead atoms. The van der Waals surface area contributed by atoms with Crippen molar-refractivity contribution >= 4 is 33.3 Å². The summed E-state index contributed by atoms with van der Waals surface area (Å²) in [5.74, 6) is 0.0484. The van der Waals surface area contributed by atoms with E-state index in [1.165, 1.54) is 41.3 Å². The number of rotatable bonds is 6. The summed E-state index contributed by atoms with van der Waals surface area (Å²) in [5.41, 5.74) is 0.525. The summed E-state index contributed by atoms with van der Waals surface area (Å²) in [6.07, 6.45) is -4.00. The van der Waals surface area contributed by atoms with Gasteiger partial charge in [0.15, 0.2) is 6.61 Å². The minimum Gasteiger partial charge on any atom is -0.484 e. The number of carbonyl (C=O) groups is 1. The van der Waals surface area contributed by atoms with E-state index in [9.17, 15) is 26.4 Å². The molecule has 2 aliphatic heterocycles. The standard InChI is InChI=1S/C20H19ClF3N3O4S/c21-17-3-1-2-4-18(17)32(29,30)25-13-9-15-11-27(19(28)26(15)10-13)14-5-7-16(8-6-14)31-12-20(22,23)24/h1-8,13,15,25H,9-12H2/t13-,15-/m1/s1. The molecule has 0 spiro atoms. The Hall–Kier alpha value is -2.50. The molecule has 2 aromatic rings. The highest BCUT2D eigenvalue weighted by Gasteiger charge is 2.45. The molecule has 12 heteroatoms. The van der Waals surface area contributed by atoms with Gasteiger partial charge in [0.05, 0.1) is 11.1 Å². The van der Waals surface area contributed by atoms with Gasteiger partial charge in [0.2, 0.25) is 10.0 Å². The molecule has 2 heterocycles. The number of amides is 2. The largest absolute Gasteiger partial charge is 0.484 e. The SMILES string of the molecule is O=C1N(c2ccc(OCC(F)(F)F)cc2)C[C@H]2C[C@@H](NS(=O)(=O)c3ccccc3Cl)CN12. The third-order valence-corrected chi connectivity index (χ3v) is 7.30. The molecule has 32 heavy (non-hydrogen) atoms. The molecule has 0 saturated carbocycles. The van der Waals surface area contributed by atoms with Crippen LogP contribution in [0.2, 0.25) is 5.02 Å². The number of nitrogens with one attached hydrogen (secondary N) is 1. The van der Waals surface area contributed by atoms with Crippen molar-refractivity contribution in [3.05, 3.63) is 53.6 Å². The molecule has 7 nitrogen and oxygen atoms in total. The van der Waals surface area contributed by atoms with E-state index in [4.69, 9.17) is 11.6 Å². The number of anilines is 1. The van der Waals surface area contributed by atoms with Crippen LogP contribution in [0.5, 0.6) is 5.75 Å². The molecular formula is C20H19ClF3N3O4S. The number of alkyl halides is 3. The zero-order chi connectivity index (χ0) is 23.1. The number of fused-ring (bicyclic) bond motifs is 1. The molecule has 2 aromatic carbocycles. The van der Waals surface area contributed by atoms with Gasteiger partial charge < -0.3 is 9.64 Å². The number of sulfonamides is 1. The molecule has 0 unspecified atom stereocenters. The quantitative estimate of drug-likeness (QED) is 0.672. The fourth-order valence-electron chi connectivity index (χ4n) is 3.90. The summed E-state index contributed by atoms with van der Waals surface area (Å²) in [5, 5.41) is 0.114. The van der Waals surface area contributed by atoms with Crippen LogP contribution >= 0.6 is 11.6 Å². The average Bonchev–Trinajstić information content (AvgIpc) is 3.24. The van der Waals surface area contributed by atoms with Gasteiger partial charge >= 0.3 is 12.2 Å². The van der Waals surface area contributed by atoms with Gasteiger partial charge in [-0.15, -0.1) is 0 Å². The van der Waals surface area contributed by atoms with E-state index in [1.807, 2.05) is 0 Å². The molecular weight excluding hydrogens is 471 g/mol. The first-order valence-electron chi connectivity index (χ1n) is 9.68. The smallest absolute Gasteiger partial charge is 0.422 e. The van der Waals surface area contributed by atoms with E-state index in [0.29, 0.717) is 18.7 Å². The molecule has 4 rings (SSSR count).